The SMILES string of the molecule is CCCC1CN(CC2CNCCO2)C(=O)N1C. The van der Waals surface area contributed by atoms with Gasteiger partial charge in [-0.05, 0) is 6.42 Å². The van der Waals surface area contributed by atoms with E-state index < -0.39 is 0 Å². The molecule has 0 aliphatic carbocycles. The molecule has 2 heterocycles. The smallest absolute Gasteiger partial charge is 0.320 e. The van der Waals surface area contributed by atoms with Gasteiger partial charge in [-0.3, -0.25) is 0 Å². The van der Waals surface area contributed by atoms with Crippen LogP contribution in [-0.4, -0.2) is 67.8 Å². The Morgan fingerprint density at radius 1 is 1.53 bits per heavy atom. The van der Waals surface area contributed by atoms with E-state index in [0.29, 0.717) is 6.04 Å². The summed E-state index contributed by atoms with van der Waals surface area (Å²) < 4.78 is 5.64. The monoisotopic (exact) mass is 241 g/mol. The number of ether oxygens (including phenoxy) is 1. The molecule has 2 saturated heterocycles. The summed E-state index contributed by atoms with van der Waals surface area (Å²) in [5.41, 5.74) is 0. The molecule has 2 amide bonds. The van der Waals surface area contributed by atoms with Crippen LogP contribution in [0.15, 0.2) is 0 Å². The fourth-order valence-corrected chi connectivity index (χ4v) is 2.59. The van der Waals surface area contributed by atoms with Gasteiger partial charge in [0.1, 0.15) is 0 Å². The number of hydrogen-bond donors (Lipinski definition) is 1. The van der Waals surface area contributed by atoms with Crippen molar-refractivity contribution in [1.82, 2.24) is 15.1 Å². The third-order valence-corrected chi connectivity index (χ3v) is 3.60. The molecule has 2 rings (SSSR count). The van der Waals surface area contributed by atoms with Crippen molar-refractivity contribution >= 4 is 6.03 Å². The molecular weight excluding hydrogens is 218 g/mol. The van der Waals surface area contributed by atoms with Crippen LogP contribution in [-0.2, 0) is 4.74 Å². The van der Waals surface area contributed by atoms with Crippen LogP contribution in [0.5, 0.6) is 0 Å². The van der Waals surface area contributed by atoms with E-state index in [9.17, 15) is 4.79 Å². The van der Waals surface area contributed by atoms with Crippen molar-refractivity contribution in [3.8, 4) is 0 Å². The van der Waals surface area contributed by atoms with Gasteiger partial charge in [0.25, 0.3) is 0 Å². The molecule has 0 radical (unpaired) electrons. The van der Waals surface area contributed by atoms with Gasteiger partial charge in [0.2, 0.25) is 0 Å². The van der Waals surface area contributed by atoms with Gasteiger partial charge in [0, 0.05) is 33.2 Å². The van der Waals surface area contributed by atoms with Crippen LogP contribution in [0, 0.1) is 0 Å². The lowest BCUT2D eigenvalue weighted by molar-refractivity contribution is 0.0143. The summed E-state index contributed by atoms with van der Waals surface area (Å²) >= 11 is 0. The molecule has 2 aliphatic heterocycles. The van der Waals surface area contributed by atoms with E-state index in [1.807, 2.05) is 16.8 Å². The molecule has 0 bridgehead atoms. The highest BCUT2D eigenvalue weighted by Gasteiger charge is 2.35. The maximum Gasteiger partial charge on any atom is 0.320 e. The second kappa shape index (κ2) is 5.69. The molecule has 2 aliphatic rings. The van der Waals surface area contributed by atoms with Gasteiger partial charge < -0.3 is 19.9 Å². The molecule has 2 fully saturated rings. The van der Waals surface area contributed by atoms with E-state index >= 15 is 0 Å². The summed E-state index contributed by atoms with van der Waals surface area (Å²) in [4.78, 5) is 15.8. The molecule has 5 nitrogen and oxygen atoms in total. The van der Waals surface area contributed by atoms with Gasteiger partial charge in [-0.25, -0.2) is 4.79 Å². The highest BCUT2D eigenvalue weighted by atomic mass is 16.5. The fraction of sp³-hybridized carbons (Fsp3) is 0.917. The Morgan fingerprint density at radius 2 is 2.35 bits per heavy atom. The molecule has 98 valence electrons. The minimum atomic E-state index is 0.151. The zero-order valence-corrected chi connectivity index (χ0v) is 10.8. The third kappa shape index (κ3) is 2.90. The Bertz CT molecular complexity index is 266. The average Bonchev–Trinajstić information content (AvgIpc) is 2.60. The Morgan fingerprint density at radius 3 is 3.00 bits per heavy atom. The van der Waals surface area contributed by atoms with E-state index in [-0.39, 0.29) is 12.1 Å². The maximum atomic E-state index is 12.0. The number of nitrogens with one attached hydrogen (secondary N) is 1. The molecule has 0 aromatic carbocycles. The highest BCUT2D eigenvalue weighted by Crippen LogP contribution is 2.18. The predicted molar refractivity (Wildman–Crippen MR) is 66.0 cm³/mol. The highest BCUT2D eigenvalue weighted by molar-refractivity contribution is 5.76. The summed E-state index contributed by atoms with van der Waals surface area (Å²) in [5.74, 6) is 0. The van der Waals surface area contributed by atoms with Crippen LogP contribution in [0.2, 0.25) is 0 Å². The van der Waals surface area contributed by atoms with E-state index in [1.165, 1.54) is 0 Å². The van der Waals surface area contributed by atoms with Crippen LogP contribution in [0.1, 0.15) is 19.8 Å². The van der Waals surface area contributed by atoms with Crippen molar-refractivity contribution in [2.24, 2.45) is 0 Å². The minimum Gasteiger partial charge on any atom is -0.374 e. The summed E-state index contributed by atoms with van der Waals surface area (Å²) in [7, 11) is 1.91. The minimum absolute atomic E-state index is 0.151. The molecular formula is C12H23N3O2. The second-order valence-corrected chi connectivity index (χ2v) is 4.94. The number of carbonyl (C=O) groups excluding carboxylic acids is 1. The molecule has 1 N–H and O–H groups in total. The number of likely N-dealkylation sites (N-methyl/N-ethyl adjacent to an activating group) is 1. The second-order valence-electron chi connectivity index (χ2n) is 4.94. The molecule has 0 aromatic rings. The molecule has 0 spiro atoms. The van der Waals surface area contributed by atoms with Crippen molar-refractivity contribution in [3.63, 3.8) is 0 Å². The van der Waals surface area contributed by atoms with Crippen molar-refractivity contribution in [2.75, 3.05) is 39.8 Å². The van der Waals surface area contributed by atoms with Gasteiger partial charge in [0.15, 0.2) is 0 Å². The predicted octanol–water partition coefficient (Wildman–Crippen LogP) is 0.511. The van der Waals surface area contributed by atoms with Crippen LogP contribution >= 0.6 is 0 Å². The lowest BCUT2D eigenvalue weighted by Gasteiger charge is -2.27. The molecule has 2 atom stereocenters. The van der Waals surface area contributed by atoms with Gasteiger partial charge in [-0.2, -0.15) is 0 Å². The molecule has 2 unspecified atom stereocenters. The van der Waals surface area contributed by atoms with E-state index in [4.69, 9.17) is 4.74 Å². The normalized spacial score (nSPS) is 30.1. The van der Waals surface area contributed by atoms with Crippen molar-refractivity contribution in [1.29, 1.82) is 0 Å². The van der Waals surface area contributed by atoms with Gasteiger partial charge in [-0.15, -0.1) is 0 Å². The fourth-order valence-electron chi connectivity index (χ4n) is 2.59. The number of hydrogen-bond acceptors (Lipinski definition) is 3. The van der Waals surface area contributed by atoms with Crippen LogP contribution in [0.25, 0.3) is 0 Å². The molecule has 5 heteroatoms. The zero-order valence-electron chi connectivity index (χ0n) is 10.8. The first kappa shape index (κ1) is 12.6. The first-order chi connectivity index (χ1) is 8.22. The zero-order chi connectivity index (χ0) is 12.3. The number of nitrogens with zero attached hydrogens (tertiary/aromatic N) is 2. The van der Waals surface area contributed by atoms with Gasteiger partial charge in [0.05, 0.1) is 18.8 Å². The van der Waals surface area contributed by atoms with E-state index in [2.05, 4.69) is 12.2 Å². The van der Waals surface area contributed by atoms with E-state index in [0.717, 1.165) is 45.6 Å². The average molecular weight is 241 g/mol. The van der Waals surface area contributed by atoms with Crippen LogP contribution < -0.4 is 5.32 Å². The van der Waals surface area contributed by atoms with Gasteiger partial charge in [-0.1, -0.05) is 13.3 Å². The van der Waals surface area contributed by atoms with E-state index in [1.54, 1.807) is 0 Å². The van der Waals surface area contributed by atoms with Crippen molar-refractivity contribution in [2.45, 2.75) is 31.9 Å². The number of morpholine rings is 1. The Balaban J connectivity index is 1.86. The molecule has 0 saturated carbocycles. The number of urea groups is 1. The number of carbonyl (C=O) groups is 1. The maximum absolute atomic E-state index is 12.0. The van der Waals surface area contributed by atoms with Crippen molar-refractivity contribution < 1.29 is 9.53 Å². The van der Waals surface area contributed by atoms with Crippen molar-refractivity contribution in [3.05, 3.63) is 0 Å². The standard InChI is InChI=1S/C12H23N3O2/c1-3-4-10-8-15(12(16)14(10)2)9-11-7-13-5-6-17-11/h10-11,13H,3-9H2,1-2H3. The Kier molecular flexibility index (Phi) is 4.23. The summed E-state index contributed by atoms with van der Waals surface area (Å²) in [6.45, 7) is 6.25. The summed E-state index contributed by atoms with van der Waals surface area (Å²) in [5, 5.41) is 3.29. The summed E-state index contributed by atoms with van der Waals surface area (Å²) in [6.07, 6.45) is 2.36. The third-order valence-electron chi connectivity index (χ3n) is 3.60. The lowest BCUT2D eigenvalue weighted by atomic mass is 10.1. The van der Waals surface area contributed by atoms with Crippen LogP contribution in [0.3, 0.4) is 0 Å². The summed E-state index contributed by atoms with van der Waals surface area (Å²) in [6, 6.07) is 0.529. The Labute approximate surface area is 103 Å². The largest absolute Gasteiger partial charge is 0.374 e. The number of amides is 2. The topological polar surface area (TPSA) is 44.8 Å². The molecule has 17 heavy (non-hydrogen) atoms. The molecule has 0 aromatic heterocycles. The Hall–Kier alpha value is -0.810. The quantitative estimate of drug-likeness (QED) is 0.780. The first-order valence-electron chi connectivity index (χ1n) is 6.56. The lowest BCUT2D eigenvalue weighted by Crippen LogP contribution is -2.46. The number of rotatable bonds is 4. The first-order valence-corrected chi connectivity index (χ1v) is 6.56. The van der Waals surface area contributed by atoms with Gasteiger partial charge >= 0.3 is 6.03 Å². The van der Waals surface area contributed by atoms with Crippen LogP contribution in [0.4, 0.5) is 4.79 Å².